The number of hydrogen-bond donors (Lipinski definition) is 0. The molecule has 0 N–H and O–H groups in total. The molecule has 0 aliphatic heterocycles. The minimum atomic E-state index is 0.378. The van der Waals surface area contributed by atoms with Gasteiger partial charge in [-0.05, 0) is 136 Å². The Balaban J connectivity index is 1.13. The molecule has 0 radical (unpaired) electrons. The number of hydrogen-bond acceptors (Lipinski definition) is 1. The Labute approximate surface area is 242 Å². The van der Waals surface area contributed by atoms with Gasteiger partial charge >= 0.3 is 0 Å². The van der Waals surface area contributed by atoms with Crippen LogP contribution in [0.5, 0.6) is 0 Å². The monoisotopic (exact) mass is 554 g/mol. The highest BCUT2D eigenvalue weighted by atomic mass is 35.5. The fourth-order valence-corrected chi connectivity index (χ4v) is 7.21. The molecule has 0 amide bonds. The lowest BCUT2D eigenvalue weighted by atomic mass is 9.77. The first kappa shape index (κ1) is 29.7. The molecular formula is C35H48Cl2O. The van der Waals surface area contributed by atoms with Crippen molar-refractivity contribution in [1.82, 2.24) is 0 Å². The van der Waals surface area contributed by atoms with Crippen LogP contribution in [0.1, 0.15) is 124 Å². The Kier molecular flexibility index (Phi) is 12.5. The van der Waals surface area contributed by atoms with Crippen LogP contribution in [0.15, 0.2) is 48.5 Å². The fraction of sp³-hybridized carbons (Fsp3) is 0.629. The van der Waals surface area contributed by atoms with Gasteiger partial charge in [-0.15, -0.1) is 23.2 Å². The zero-order valence-electron chi connectivity index (χ0n) is 23.3. The minimum absolute atomic E-state index is 0.378. The van der Waals surface area contributed by atoms with E-state index in [0.29, 0.717) is 30.5 Å². The summed E-state index contributed by atoms with van der Waals surface area (Å²) in [5.74, 6) is 5.15. The Bertz CT molecular complexity index is 857. The van der Waals surface area contributed by atoms with Crippen LogP contribution in [-0.4, -0.2) is 17.5 Å². The number of alkyl halides is 2. The van der Waals surface area contributed by atoms with Crippen molar-refractivity contribution in [3.05, 3.63) is 70.8 Å². The first-order valence-corrected chi connectivity index (χ1v) is 16.5. The quantitative estimate of drug-likeness (QED) is 0.212. The smallest absolute Gasteiger partial charge is 0.133 e. The third kappa shape index (κ3) is 9.41. The van der Waals surface area contributed by atoms with Gasteiger partial charge in [0.25, 0.3) is 0 Å². The molecule has 2 saturated carbocycles. The average Bonchev–Trinajstić information content (AvgIpc) is 2.98. The van der Waals surface area contributed by atoms with E-state index in [4.69, 9.17) is 23.2 Å². The molecule has 0 heterocycles. The number of benzene rings is 2. The molecule has 4 rings (SSSR count). The summed E-state index contributed by atoms with van der Waals surface area (Å²) in [4.78, 5) is 12.6. The minimum Gasteiger partial charge on any atom is -0.300 e. The summed E-state index contributed by atoms with van der Waals surface area (Å²) in [6, 6.07) is 18.3. The largest absolute Gasteiger partial charge is 0.300 e. The SMILES string of the molecule is O=C(CCc1ccc(C2CCC(CCCCl)CC2)cc1)CCc1ccc([C@H]2CC[C@H](CCCCl)CC2)cc1. The molecule has 2 aliphatic carbocycles. The van der Waals surface area contributed by atoms with Gasteiger partial charge in [-0.1, -0.05) is 48.5 Å². The maximum atomic E-state index is 12.6. The van der Waals surface area contributed by atoms with E-state index in [0.717, 1.165) is 49.3 Å². The highest BCUT2D eigenvalue weighted by Gasteiger charge is 2.23. The van der Waals surface area contributed by atoms with Crippen molar-refractivity contribution in [2.24, 2.45) is 11.8 Å². The van der Waals surface area contributed by atoms with Gasteiger partial charge in [0, 0.05) is 24.6 Å². The van der Waals surface area contributed by atoms with Crippen LogP contribution in [0, 0.1) is 11.8 Å². The molecule has 1 nitrogen and oxygen atoms in total. The number of aryl methyl sites for hydroxylation is 2. The third-order valence-electron chi connectivity index (χ3n) is 9.47. The van der Waals surface area contributed by atoms with E-state index >= 15 is 0 Å². The number of Topliss-reactive ketones (excluding diaryl/α,β-unsaturated/α-hetero) is 1. The Morgan fingerprint density at radius 3 is 1.29 bits per heavy atom. The molecule has 3 heteroatoms. The maximum Gasteiger partial charge on any atom is 0.133 e. The molecule has 2 aromatic carbocycles. The van der Waals surface area contributed by atoms with E-state index in [1.54, 1.807) is 0 Å². The molecule has 0 spiro atoms. The lowest BCUT2D eigenvalue weighted by Gasteiger charge is -2.28. The van der Waals surface area contributed by atoms with Crippen molar-refractivity contribution in [3.8, 4) is 0 Å². The Morgan fingerprint density at radius 2 is 0.947 bits per heavy atom. The maximum absolute atomic E-state index is 12.6. The van der Waals surface area contributed by atoms with Crippen molar-refractivity contribution in [3.63, 3.8) is 0 Å². The van der Waals surface area contributed by atoms with E-state index < -0.39 is 0 Å². The lowest BCUT2D eigenvalue weighted by Crippen LogP contribution is -2.13. The summed E-state index contributed by atoms with van der Waals surface area (Å²) in [6.07, 6.45) is 18.5. The molecule has 0 atom stereocenters. The molecule has 0 unspecified atom stereocenters. The van der Waals surface area contributed by atoms with Gasteiger partial charge in [0.2, 0.25) is 0 Å². The van der Waals surface area contributed by atoms with Crippen LogP contribution in [0.4, 0.5) is 0 Å². The van der Waals surface area contributed by atoms with Crippen LogP contribution >= 0.6 is 23.2 Å². The highest BCUT2D eigenvalue weighted by molar-refractivity contribution is 6.18. The predicted octanol–water partition coefficient (Wildman–Crippen LogP) is 10.4. The molecule has 2 fully saturated rings. The molecule has 0 saturated heterocycles. The van der Waals surface area contributed by atoms with Gasteiger partial charge < -0.3 is 0 Å². The summed E-state index contributed by atoms with van der Waals surface area (Å²) in [5.41, 5.74) is 5.55. The number of halogens is 2. The molecule has 0 bridgehead atoms. The third-order valence-corrected chi connectivity index (χ3v) is 10.0. The molecule has 208 valence electrons. The average molecular weight is 556 g/mol. The van der Waals surface area contributed by atoms with E-state index in [9.17, 15) is 4.79 Å². The second-order valence-corrected chi connectivity index (χ2v) is 12.9. The summed E-state index contributed by atoms with van der Waals surface area (Å²) in [6.45, 7) is 0. The van der Waals surface area contributed by atoms with Gasteiger partial charge in [-0.25, -0.2) is 0 Å². The molecular weight excluding hydrogens is 507 g/mol. The van der Waals surface area contributed by atoms with Crippen LogP contribution in [-0.2, 0) is 17.6 Å². The second kappa shape index (κ2) is 16.1. The Morgan fingerprint density at radius 1 is 0.579 bits per heavy atom. The second-order valence-electron chi connectivity index (χ2n) is 12.1. The van der Waals surface area contributed by atoms with Crippen molar-refractivity contribution < 1.29 is 4.79 Å². The van der Waals surface area contributed by atoms with Crippen molar-refractivity contribution in [1.29, 1.82) is 0 Å². The molecule has 38 heavy (non-hydrogen) atoms. The lowest BCUT2D eigenvalue weighted by molar-refractivity contribution is -0.119. The van der Waals surface area contributed by atoms with Gasteiger partial charge in [0.05, 0.1) is 0 Å². The number of carbonyl (C=O) groups excluding carboxylic acids is 1. The van der Waals surface area contributed by atoms with Crippen LogP contribution in [0.3, 0.4) is 0 Å². The topological polar surface area (TPSA) is 17.1 Å². The van der Waals surface area contributed by atoms with Crippen molar-refractivity contribution in [2.45, 2.75) is 115 Å². The van der Waals surface area contributed by atoms with Crippen LogP contribution < -0.4 is 0 Å². The van der Waals surface area contributed by atoms with Crippen molar-refractivity contribution in [2.75, 3.05) is 11.8 Å². The van der Waals surface area contributed by atoms with Gasteiger partial charge in [0.1, 0.15) is 5.78 Å². The summed E-state index contributed by atoms with van der Waals surface area (Å²) in [7, 11) is 0. The van der Waals surface area contributed by atoms with Crippen LogP contribution in [0.25, 0.3) is 0 Å². The van der Waals surface area contributed by atoms with E-state index in [1.165, 1.54) is 86.5 Å². The van der Waals surface area contributed by atoms with Crippen molar-refractivity contribution >= 4 is 29.0 Å². The summed E-state index contributed by atoms with van der Waals surface area (Å²) < 4.78 is 0. The predicted molar refractivity (Wildman–Crippen MR) is 164 cm³/mol. The fourth-order valence-electron chi connectivity index (χ4n) is 6.91. The molecule has 0 aromatic heterocycles. The van der Waals surface area contributed by atoms with E-state index in [1.807, 2.05) is 0 Å². The van der Waals surface area contributed by atoms with Crippen LogP contribution in [0.2, 0.25) is 0 Å². The standard InChI is InChI=1S/C35H48Cl2O/c36-25-1-3-27-5-15-31(16-6-27)33-19-9-29(10-20-33)13-23-35(38)24-14-30-11-21-34(22-12-30)32-17-7-28(8-18-32)4-2-26-37/h9-12,19-22,27-28,31-32H,1-8,13-18,23-26H2/t27-,28?,31-,32?. The van der Waals surface area contributed by atoms with E-state index in [2.05, 4.69) is 48.5 Å². The van der Waals surface area contributed by atoms with Gasteiger partial charge in [0.15, 0.2) is 0 Å². The number of ketones is 1. The zero-order valence-corrected chi connectivity index (χ0v) is 24.8. The van der Waals surface area contributed by atoms with E-state index in [-0.39, 0.29) is 0 Å². The number of rotatable bonds is 14. The first-order chi connectivity index (χ1) is 18.6. The first-order valence-electron chi connectivity index (χ1n) is 15.5. The molecule has 2 aromatic rings. The molecule has 2 aliphatic rings. The Hall–Kier alpha value is -1.31. The normalized spacial score (nSPS) is 23.8. The van der Waals surface area contributed by atoms with Gasteiger partial charge in [-0.3, -0.25) is 4.79 Å². The zero-order chi connectivity index (χ0) is 26.6. The summed E-state index contributed by atoms with van der Waals surface area (Å²) in [5, 5.41) is 0. The summed E-state index contributed by atoms with van der Waals surface area (Å²) >= 11 is 11.7. The number of carbonyl (C=O) groups is 1. The van der Waals surface area contributed by atoms with Gasteiger partial charge in [-0.2, -0.15) is 0 Å². The highest BCUT2D eigenvalue weighted by Crippen LogP contribution is 2.38.